The topological polar surface area (TPSA) is 55.0 Å². The zero-order valence-electron chi connectivity index (χ0n) is 11.6. The van der Waals surface area contributed by atoms with Gasteiger partial charge in [0.25, 0.3) is 0 Å². The molecular weight excluding hydrogens is 271 g/mol. The number of aromatic amines is 1. The number of carbonyl (C=O) groups is 1. The molecule has 3 rings (SSSR count). The highest BCUT2D eigenvalue weighted by Crippen LogP contribution is 2.27. The van der Waals surface area contributed by atoms with Gasteiger partial charge in [0.15, 0.2) is 5.69 Å². The van der Waals surface area contributed by atoms with Crippen molar-refractivity contribution in [2.75, 3.05) is 6.61 Å². The Morgan fingerprint density at radius 3 is 3.00 bits per heavy atom. The summed E-state index contributed by atoms with van der Waals surface area (Å²) in [6, 6.07) is 6.29. The molecule has 5 heteroatoms. The maximum Gasteiger partial charge on any atom is 0.359 e. The van der Waals surface area contributed by atoms with Gasteiger partial charge in [0, 0.05) is 22.5 Å². The van der Waals surface area contributed by atoms with Gasteiger partial charge in [-0.15, -0.1) is 0 Å². The Kier molecular flexibility index (Phi) is 3.56. The van der Waals surface area contributed by atoms with Crippen LogP contribution >= 0.6 is 0 Å². The van der Waals surface area contributed by atoms with E-state index >= 15 is 0 Å². The van der Waals surface area contributed by atoms with Crippen molar-refractivity contribution in [3.63, 3.8) is 0 Å². The molecule has 0 spiro atoms. The van der Waals surface area contributed by atoms with Crippen molar-refractivity contribution in [2.24, 2.45) is 0 Å². The smallest absolute Gasteiger partial charge is 0.359 e. The van der Waals surface area contributed by atoms with Gasteiger partial charge in [0.2, 0.25) is 0 Å². The van der Waals surface area contributed by atoms with Crippen molar-refractivity contribution in [2.45, 2.75) is 19.8 Å². The Morgan fingerprint density at radius 2 is 2.19 bits per heavy atom. The summed E-state index contributed by atoms with van der Waals surface area (Å²) < 4.78 is 18.5. The van der Waals surface area contributed by atoms with Crippen LogP contribution in [-0.2, 0) is 4.74 Å². The molecule has 0 unspecified atom stereocenters. The predicted octanol–water partition coefficient (Wildman–Crippen LogP) is 3.81. The molecule has 0 amide bonds. The molecule has 0 bridgehead atoms. The molecule has 0 aliphatic carbocycles. The second-order valence-electron chi connectivity index (χ2n) is 4.89. The SMILES string of the molecule is CCCCOC(=O)c1nccc2c1[nH]c1cc(F)ccc12. The van der Waals surface area contributed by atoms with Crippen molar-refractivity contribution in [1.29, 1.82) is 0 Å². The molecule has 0 aliphatic rings. The average Bonchev–Trinajstić information content (AvgIpc) is 2.84. The lowest BCUT2D eigenvalue weighted by Gasteiger charge is -2.03. The molecule has 0 aliphatic heterocycles. The number of ether oxygens (including phenoxy) is 1. The Balaban J connectivity index is 2.07. The molecule has 0 saturated heterocycles. The van der Waals surface area contributed by atoms with E-state index in [2.05, 4.69) is 9.97 Å². The zero-order valence-corrected chi connectivity index (χ0v) is 11.6. The van der Waals surface area contributed by atoms with Crippen molar-refractivity contribution in [3.8, 4) is 0 Å². The normalized spacial score (nSPS) is 11.1. The van der Waals surface area contributed by atoms with E-state index in [4.69, 9.17) is 4.74 Å². The minimum atomic E-state index is -0.457. The number of aromatic nitrogens is 2. The average molecular weight is 286 g/mol. The summed E-state index contributed by atoms with van der Waals surface area (Å²) in [6.45, 7) is 2.40. The summed E-state index contributed by atoms with van der Waals surface area (Å²) in [6.07, 6.45) is 3.34. The number of hydrogen-bond donors (Lipinski definition) is 1. The first-order valence-corrected chi connectivity index (χ1v) is 6.93. The summed E-state index contributed by atoms with van der Waals surface area (Å²) in [5.74, 6) is -0.782. The van der Waals surface area contributed by atoms with Crippen LogP contribution in [0.2, 0.25) is 0 Å². The molecule has 0 fully saturated rings. The first kappa shape index (κ1) is 13.5. The monoisotopic (exact) mass is 286 g/mol. The van der Waals surface area contributed by atoms with E-state index in [1.807, 2.05) is 6.92 Å². The summed E-state index contributed by atoms with van der Waals surface area (Å²) >= 11 is 0. The number of esters is 1. The Labute approximate surface area is 120 Å². The fraction of sp³-hybridized carbons (Fsp3) is 0.250. The Bertz CT molecular complexity index is 810. The maximum atomic E-state index is 13.3. The van der Waals surface area contributed by atoms with Gasteiger partial charge in [-0.05, 0) is 30.7 Å². The van der Waals surface area contributed by atoms with Crippen molar-refractivity contribution < 1.29 is 13.9 Å². The van der Waals surface area contributed by atoms with Crippen LogP contribution in [0, 0.1) is 5.82 Å². The number of hydrogen-bond acceptors (Lipinski definition) is 3. The highest BCUT2D eigenvalue weighted by molar-refractivity contribution is 6.12. The highest BCUT2D eigenvalue weighted by atomic mass is 19.1. The molecule has 2 aromatic heterocycles. The van der Waals surface area contributed by atoms with Gasteiger partial charge in [-0.3, -0.25) is 0 Å². The van der Waals surface area contributed by atoms with E-state index in [1.54, 1.807) is 18.3 Å². The molecule has 108 valence electrons. The van der Waals surface area contributed by atoms with Gasteiger partial charge in [0.05, 0.1) is 12.1 Å². The number of rotatable bonds is 4. The third kappa shape index (κ3) is 2.46. The lowest BCUT2D eigenvalue weighted by molar-refractivity contribution is 0.0495. The quantitative estimate of drug-likeness (QED) is 0.586. The van der Waals surface area contributed by atoms with E-state index in [0.29, 0.717) is 17.6 Å². The first-order chi connectivity index (χ1) is 10.2. The maximum absolute atomic E-state index is 13.3. The fourth-order valence-electron chi connectivity index (χ4n) is 2.33. The minimum Gasteiger partial charge on any atom is -0.461 e. The van der Waals surface area contributed by atoms with E-state index in [-0.39, 0.29) is 11.5 Å². The summed E-state index contributed by atoms with van der Waals surface area (Å²) in [5.41, 5.74) is 1.46. The summed E-state index contributed by atoms with van der Waals surface area (Å²) in [4.78, 5) is 19.3. The highest BCUT2D eigenvalue weighted by Gasteiger charge is 2.16. The largest absolute Gasteiger partial charge is 0.461 e. The second kappa shape index (κ2) is 5.52. The van der Waals surface area contributed by atoms with Crippen LogP contribution in [0.4, 0.5) is 4.39 Å². The number of halogens is 1. The number of pyridine rings is 1. The third-order valence-corrected chi connectivity index (χ3v) is 3.41. The van der Waals surface area contributed by atoms with E-state index in [9.17, 15) is 9.18 Å². The number of carbonyl (C=O) groups excluding carboxylic acids is 1. The molecule has 21 heavy (non-hydrogen) atoms. The van der Waals surface area contributed by atoms with Crippen molar-refractivity contribution >= 4 is 27.8 Å². The van der Waals surface area contributed by atoms with Crippen LogP contribution in [0.15, 0.2) is 30.5 Å². The summed E-state index contributed by atoms with van der Waals surface area (Å²) in [5, 5.41) is 1.69. The molecule has 1 aromatic carbocycles. The van der Waals surface area contributed by atoms with E-state index in [0.717, 1.165) is 23.6 Å². The molecule has 0 saturated carbocycles. The molecule has 0 atom stereocenters. The molecular formula is C16H15FN2O2. The molecule has 3 aromatic rings. The summed E-state index contributed by atoms with van der Waals surface area (Å²) in [7, 11) is 0. The predicted molar refractivity (Wildman–Crippen MR) is 78.7 cm³/mol. The van der Waals surface area contributed by atoms with Crippen LogP contribution in [0.25, 0.3) is 21.8 Å². The number of H-pyrrole nitrogens is 1. The van der Waals surface area contributed by atoms with Crippen LogP contribution in [0.3, 0.4) is 0 Å². The third-order valence-electron chi connectivity index (χ3n) is 3.41. The Hall–Kier alpha value is -2.43. The lowest BCUT2D eigenvalue weighted by atomic mass is 10.1. The van der Waals surface area contributed by atoms with Crippen molar-refractivity contribution in [1.82, 2.24) is 9.97 Å². The molecule has 1 N–H and O–H groups in total. The molecule has 2 heterocycles. The number of nitrogens with zero attached hydrogens (tertiary/aromatic N) is 1. The standard InChI is InChI=1S/C16H15FN2O2/c1-2-3-8-21-16(20)15-14-12(6-7-18-15)11-5-4-10(17)9-13(11)19-14/h4-7,9,19H,2-3,8H2,1H3. The van der Waals surface area contributed by atoms with Gasteiger partial charge in [-0.25, -0.2) is 14.2 Å². The van der Waals surface area contributed by atoms with Gasteiger partial charge >= 0.3 is 5.97 Å². The van der Waals surface area contributed by atoms with Gasteiger partial charge in [0.1, 0.15) is 5.82 Å². The van der Waals surface area contributed by atoms with Gasteiger partial charge in [-0.2, -0.15) is 0 Å². The molecule has 4 nitrogen and oxygen atoms in total. The van der Waals surface area contributed by atoms with E-state index < -0.39 is 5.97 Å². The Morgan fingerprint density at radius 1 is 1.33 bits per heavy atom. The molecule has 0 radical (unpaired) electrons. The second-order valence-corrected chi connectivity index (χ2v) is 4.89. The number of unbranched alkanes of at least 4 members (excludes halogenated alkanes) is 1. The number of nitrogens with one attached hydrogen (secondary N) is 1. The van der Waals surface area contributed by atoms with Crippen LogP contribution in [0.1, 0.15) is 30.3 Å². The van der Waals surface area contributed by atoms with Gasteiger partial charge < -0.3 is 9.72 Å². The van der Waals surface area contributed by atoms with Crippen LogP contribution in [-0.4, -0.2) is 22.5 Å². The lowest BCUT2D eigenvalue weighted by Crippen LogP contribution is -2.09. The van der Waals surface area contributed by atoms with Crippen molar-refractivity contribution in [3.05, 3.63) is 42.0 Å². The fourth-order valence-corrected chi connectivity index (χ4v) is 2.33. The minimum absolute atomic E-state index is 0.236. The number of benzene rings is 1. The first-order valence-electron chi connectivity index (χ1n) is 6.93. The van der Waals surface area contributed by atoms with E-state index in [1.165, 1.54) is 12.1 Å². The number of fused-ring (bicyclic) bond motifs is 3. The van der Waals surface area contributed by atoms with Gasteiger partial charge in [-0.1, -0.05) is 13.3 Å². The van der Waals surface area contributed by atoms with Crippen LogP contribution < -0.4 is 0 Å². The zero-order chi connectivity index (χ0) is 14.8. The van der Waals surface area contributed by atoms with Crippen LogP contribution in [0.5, 0.6) is 0 Å².